The molecule has 0 bridgehead atoms. The van der Waals surface area contributed by atoms with Crippen LogP contribution in [0.4, 0.5) is 13.8 Å². The van der Waals surface area contributed by atoms with E-state index in [0.717, 1.165) is 6.07 Å². The molecule has 1 aromatic heterocycles. The number of nitrogens with zero attached hydrogens (tertiary/aromatic N) is 1. The third kappa shape index (κ3) is 1.89. The van der Waals surface area contributed by atoms with Crippen LogP contribution in [-0.4, -0.2) is 4.98 Å². The zero-order valence-electron chi connectivity index (χ0n) is 8.42. The smallest absolute Gasteiger partial charge is 0.136 e. The first-order chi connectivity index (χ1) is 7.61. The van der Waals surface area contributed by atoms with Crippen molar-refractivity contribution in [1.29, 1.82) is 0 Å². The third-order valence-electron chi connectivity index (χ3n) is 2.09. The van der Waals surface area contributed by atoms with Gasteiger partial charge in [-0.05, 0) is 19.1 Å². The lowest BCUT2D eigenvalue weighted by atomic mass is 10.2. The molecule has 1 heterocycles. The summed E-state index contributed by atoms with van der Waals surface area (Å²) in [6, 6.07) is 3.40. The lowest BCUT2D eigenvalue weighted by molar-refractivity contribution is 0.585. The van der Waals surface area contributed by atoms with Gasteiger partial charge in [0.2, 0.25) is 0 Å². The summed E-state index contributed by atoms with van der Waals surface area (Å²) in [6.45, 7) is 1.76. The molecule has 0 saturated heterocycles. The molecule has 0 amide bonds. The molecule has 0 aliphatic heterocycles. The van der Waals surface area contributed by atoms with Crippen molar-refractivity contribution in [2.75, 3.05) is 5.43 Å². The molecule has 16 heavy (non-hydrogen) atoms. The van der Waals surface area contributed by atoms with Gasteiger partial charge in [0.25, 0.3) is 0 Å². The highest BCUT2D eigenvalue weighted by Crippen LogP contribution is 2.32. The number of hydrazine groups is 1. The molecule has 84 valence electrons. The Morgan fingerprint density at radius 3 is 2.69 bits per heavy atom. The first-order valence-electron chi connectivity index (χ1n) is 4.51. The summed E-state index contributed by atoms with van der Waals surface area (Å²) in [7, 11) is 0. The topological polar surface area (TPSA) is 50.9 Å². The van der Waals surface area contributed by atoms with E-state index in [1.165, 1.54) is 23.5 Å². The van der Waals surface area contributed by atoms with E-state index < -0.39 is 11.6 Å². The molecule has 0 radical (unpaired) electrons. The average Bonchev–Trinajstić information content (AvgIpc) is 2.59. The molecule has 0 aliphatic rings. The number of nitrogens with one attached hydrogen (secondary N) is 1. The van der Waals surface area contributed by atoms with Crippen molar-refractivity contribution in [3.8, 4) is 10.6 Å². The van der Waals surface area contributed by atoms with Crippen LogP contribution in [-0.2, 0) is 0 Å². The Labute approximate surface area is 94.9 Å². The van der Waals surface area contributed by atoms with Crippen LogP contribution in [0.25, 0.3) is 10.6 Å². The molecule has 1 aromatic carbocycles. The predicted octanol–water partition coefficient (Wildman–Crippen LogP) is 2.68. The minimum Gasteiger partial charge on any atom is -0.314 e. The fourth-order valence-corrected chi connectivity index (χ4v) is 2.21. The fourth-order valence-electron chi connectivity index (χ4n) is 1.31. The Kier molecular flexibility index (Phi) is 2.84. The molecule has 0 spiro atoms. The van der Waals surface area contributed by atoms with Gasteiger partial charge < -0.3 is 5.43 Å². The maximum atomic E-state index is 13.5. The summed E-state index contributed by atoms with van der Waals surface area (Å²) in [4.78, 5) is 4.16. The number of thiazole rings is 1. The van der Waals surface area contributed by atoms with Crippen molar-refractivity contribution in [3.05, 3.63) is 35.5 Å². The number of hydrogen-bond donors (Lipinski definition) is 2. The molecule has 6 heteroatoms. The van der Waals surface area contributed by atoms with Gasteiger partial charge >= 0.3 is 0 Å². The molecule has 0 atom stereocenters. The summed E-state index contributed by atoms with van der Waals surface area (Å²) in [5.74, 6) is 4.04. The number of aromatic nitrogens is 1. The highest BCUT2D eigenvalue weighted by Gasteiger charge is 2.12. The normalized spacial score (nSPS) is 10.5. The zero-order valence-corrected chi connectivity index (χ0v) is 9.24. The van der Waals surface area contributed by atoms with Crippen LogP contribution in [0.1, 0.15) is 5.69 Å². The van der Waals surface area contributed by atoms with Crippen molar-refractivity contribution < 1.29 is 8.78 Å². The van der Waals surface area contributed by atoms with Crippen LogP contribution >= 0.6 is 11.3 Å². The molecule has 0 fully saturated rings. The molecule has 0 aliphatic carbocycles. The van der Waals surface area contributed by atoms with Gasteiger partial charge in [0.1, 0.15) is 21.6 Å². The highest BCUT2D eigenvalue weighted by atomic mass is 32.1. The van der Waals surface area contributed by atoms with E-state index in [4.69, 9.17) is 5.84 Å². The predicted molar refractivity (Wildman–Crippen MR) is 60.0 cm³/mol. The molecular weight excluding hydrogens is 232 g/mol. The van der Waals surface area contributed by atoms with Gasteiger partial charge in [-0.1, -0.05) is 11.3 Å². The van der Waals surface area contributed by atoms with Gasteiger partial charge in [-0.15, -0.1) is 0 Å². The number of benzene rings is 1. The summed E-state index contributed by atoms with van der Waals surface area (Å²) >= 11 is 1.22. The van der Waals surface area contributed by atoms with Crippen molar-refractivity contribution in [2.45, 2.75) is 6.92 Å². The quantitative estimate of drug-likeness (QED) is 0.627. The molecule has 2 aromatic rings. The van der Waals surface area contributed by atoms with Gasteiger partial charge in [0.15, 0.2) is 0 Å². The number of halogens is 2. The van der Waals surface area contributed by atoms with Gasteiger partial charge in [-0.2, -0.15) is 0 Å². The van der Waals surface area contributed by atoms with Crippen LogP contribution in [0.3, 0.4) is 0 Å². The second kappa shape index (κ2) is 4.15. The second-order valence-electron chi connectivity index (χ2n) is 3.20. The zero-order chi connectivity index (χ0) is 11.7. The first-order valence-corrected chi connectivity index (χ1v) is 5.33. The van der Waals surface area contributed by atoms with E-state index in [1.807, 2.05) is 0 Å². The fraction of sp³-hybridized carbons (Fsp3) is 0.100. The summed E-state index contributed by atoms with van der Waals surface area (Å²) in [6.07, 6.45) is 0. The lowest BCUT2D eigenvalue weighted by Crippen LogP contribution is -2.05. The van der Waals surface area contributed by atoms with Crippen molar-refractivity contribution in [2.24, 2.45) is 5.84 Å². The Hall–Kier alpha value is -1.53. The Morgan fingerprint density at radius 1 is 1.38 bits per heavy atom. The number of hydrogen-bond acceptors (Lipinski definition) is 4. The standard InChI is InChI=1S/C10H9F2N3S/c1-5-9(15-13)16-10(14-5)7-3-2-6(11)4-8(7)12/h2-4,15H,13H2,1H3. The van der Waals surface area contributed by atoms with Crippen molar-refractivity contribution in [1.82, 2.24) is 4.98 Å². The molecule has 3 nitrogen and oxygen atoms in total. The average molecular weight is 241 g/mol. The van der Waals surface area contributed by atoms with Crippen LogP contribution < -0.4 is 11.3 Å². The van der Waals surface area contributed by atoms with Gasteiger partial charge in [0.05, 0.1) is 5.69 Å². The maximum absolute atomic E-state index is 13.5. The van der Waals surface area contributed by atoms with Gasteiger partial charge in [-0.3, -0.25) is 0 Å². The van der Waals surface area contributed by atoms with E-state index >= 15 is 0 Å². The summed E-state index contributed by atoms with van der Waals surface area (Å²) < 4.78 is 26.2. The van der Waals surface area contributed by atoms with Crippen LogP contribution in [0.15, 0.2) is 18.2 Å². The number of nitrogen functional groups attached to an aromatic ring is 1. The molecule has 0 saturated carbocycles. The van der Waals surface area contributed by atoms with Crippen molar-refractivity contribution >= 4 is 16.3 Å². The molecule has 0 unspecified atom stereocenters. The van der Waals surface area contributed by atoms with E-state index in [1.54, 1.807) is 6.92 Å². The summed E-state index contributed by atoms with van der Waals surface area (Å²) in [5.41, 5.74) is 3.44. The maximum Gasteiger partial charge on any atom is 0.136 e. The lowest BCUT2D eigenvalue weighted by Gasteiger charge is -1.98. The number of nitrogens with two attached hydrogens (primary N) is 1. The third-order valence-corrected chi connectivity index (χ3v) is 3.21. The van der Waals surface area contributed by atoms with E-state index in [9.17, 15) is 8.78 Å². The molecular formula is C10H9F2N3S. The first kappa shape index (κ1) is 11.0. The largest absolute Gasteiger partial charge is 0.314 e. The minimum absolute atomic E-state index is 0.274. The Bertz CT molecular complexity index is 525. The Morgan fingerprint density at radius 2 is 2.12 bits per heavy atom. The van der Waals surface area contributed by atoms with E-state index in [0.29, 0.717) is 15.7 Å². The van der Waals surface area contributed by atoms with Crippen LogP contribution in [0.5, 0.6) is 0 Å². The van der Waals surface area contributed by atoms with E-state index in [2.05, 4.69) is 10.4 Å². The number of rotatable bonds is 2. The second-order valence-corrected chi connectivity index (χ2v) is 4.20. The molecule has 2 rings (SSSR count). The van der Waals surface area contributed by atoms with Gasteiger partial charge in [0, 0.05) is 11.6 Å². The number of anilines is 1. The minimum atomic E-state index is -0.627. The highest BCUT2D eigenvalue weighted by molar-refractivity contribution is 7.19. The number of aryl methyl sites for hydroxylation is 1. The van der Waals surface area contributed by atoms with Crippen LogP contribution in [0.2, 0.25) is 0 Å². The Balaban J connectivity index is 2.50. The summed E-state index contributed by atoms with van der Waals surface area (Å²) in [5, 5.41) is 1.14. The monoisotopic (exact) mass is 241 g/mol. The molecule has 3 N–H and O–H groups in total. The van der Waals surface area contributed by atoms with E-state index in [-0.39, 0.29) is 5.56 Å². The van der Waals surface area contributed by atoms with Crippen LogP contribution in [0, 0.1) is 18.6 Å². The van der Waals surface area contributed by atoms with Crippen molar-refractivity contribution in [3.63, 3.8) is 0 Å². The SMILES string of the molecule is Cc1nc(-c2ccc(F)cc2F)sc1NN. The van der Waals surface area contributed by atoms with Gasteiger partial charge in [-0.25, -0.2) is 19.6 Å².